The second-order valence-corrected chi connectivity index (χ2v) is 5.98. The standard InChI is InChI=1S/C16H21N3O3/c1-22-14-7-6-13(9-17-14)18-15(20)12-3-2-8-19(10-12)16(21)11-4-5-11/h6-7,9,11-12H,2-5,8,10H2,1H3,(H,18,20)/t12-/m1/s1. The second-order valence-electron chi connectivity index (χ2n) is 5.98. The number of carbonyl (C=O) groups excluding carboxylic acids is 2. The summed E-state index contributed by atoms with van der Waals surface area (Å²) >= 11 is 0. The molecule has 0 radical (unpaired) electrons. The first-order valence-electron chi connectivity index (χ1n) is 7.77. The molecule has 6 nitrogen and oxygen atoms in total. The number of nitrogens with zero attached hydrogens (tertiary/aromatic N) is 2. The molecule has 1 N–H and O–H groups in total. The highest BCUT2D eigenvalue weighted by atomic mass is 16.5. The molecule has 2 heterocycles. The number of methoxy groups -OCH3 is 1. The van der Waals surface area contributed by atoms with Crippen molar-refractivity contribution in [2.45, 2.75) is 25.7 Å². The van der Waals surface area contributed by atoms with E-state index in [-0.39, 0.29) is 23.7 Å². The van der Waals surface area contributed by atoms with Gasteiger partial charge in [0.05, 0.1) is 24.9 Å². The summed E-state index contributed by atoms with van der Waals surface area (Å²) in [6.07, 6.45) is 5.29. The van der Waals surface area contributed by atoms with Crippen LogP contribution in [0.15, 0.2) is 18.3 Å². The average molecular weight is 303 g/mol. The lowest BCUT2D eigenvalue weighted by atomic mass is 9.96. The second kappa shape index (κ2) is 6.34. The number of likely N-dealkylation sites (tertiary alicyclic amines) is 1. The molecule has 1 aromatic rings. The number of piperidine rings is 1. The zero-order valence-corrected chi connectivity index (χ0v) is 12.7. The molecule has 1 saturated heterocycles. The topological polar surface area (TPSA) is 71.5 Å². The van der Waals surface area contributed by atoms with E-state index < -0.39 is 0 Å². The summed E-state index contributed by atoms with van der Waals surface area (Å²) in [5.74, 6) is 0.770. The third-order valence-corrected chi connectivity index (χ3v) is 4.24. The van der Waals surface area contributed by atoms with Gasteiger partial charge in [0.2, 0.25) is 17.7 Å². The molecule has 1 aliphatic heterocycles. The van der Waals surface area contributed by atoms with Gasteiger partial charge >= 0.3 is 0 Å². The normalized spacial score (nSPS) is 21.3. The van der Waals surface area contributed by atoms with Crippen LogP contribution < -0.4 is 10.1 Å². The number of hydrogen-bond donors (Lipinski definition) is 1. The lowest BCUT2D eigenvalue weighted by Crippen LogP contribution is -2.44. The van der Waals surface area contributed by atoms with E-state index in [1.54, 1.807) is 25.4 Å². The fourth-order valence-electron chi connectivity index (χ4n) is 2.80. The van der Waals surface area contributed by atoms with Gasteiger partial charge in [-0.15, -0.1) is 0 Å². The summed E-state index contributed by atoms with van der Waals surface area (Å²) < 4.78 is 4.99. The van der Waals surface area contributed by atoms with Crippen LogP contribution in [0.25, 0.3) is 0 Å². The first-order valence-corrected chi connectivity index (χ1v) is 7.77. The van der Waals surface area contributed by atoms with Gasteiger partial charge < -0.3 is 15.0 Å². The molecule has 22 heavy (non-hydrogen) atoms. The van der Waals surface area contributed by atoms with Crippen molar-refractivity contribution in [1.82, 2.24) is 9.88 Å². The fourth-order valence-corrected chi connectivity index (χ4v) is 2.80. The van der Waals surface area contributed by atoms with E-state index in [0.29, 0.717) is 18.1 Å². The smallest absolute Gasteiger partial charge is 0.229 e. The van der Waals surface area contributed by atoms with Crippen LogP contribution in [0.5, 0.6) is 5.88 Å². The molecule has 6 heteroatoms. The Hall–Kier alpha value is -2.11. The van der Waals surface area contributed by atoms with Gasteiger partial charge in [0.1, 0.15) is 0 Å². The van der Waals surface area contributed by atoms with Gasteiger partial charge in [-0.05, 0) is 31.7 Å². The maximum Gasteiger partial charge on any atom is 0.229 e. The Morgan fingerprint density at radius 2 is 2.09 bits per heavy atom. The minimum atomic E-state index is -0.140. The third-order valence-electron chi connectivity index (χ3n) is 4.24. The molecule has 1 saturated carbocycles. The Labute approximate surface area is 129 Å². The molecule has 1 atom stereocenters. The van der Waals surface area contributed by atoms with Crippen LogP contribution >= 0.6 is 0 Å². The number of amides is 2. The minimum Gasteiger partial charge on any atom is -0.481 e. The van der Waals surface area contributed by atoms with Crippen molar-refractivity contribution in [3.63, 3.8) is 0 Å². The Kier molecular flexibility index (Phi) is 4.27. The SMILES string of the molecule is COc1ccc(NC(=O)[C@@H]2CCCN(C(=O)C3CC3)C2)cn1. The Bertz CT molecular complexity index is 554. The van der Waals surface area contributed by atoms with Crippen molar-refractivity contribution >= 4 is 17.5 Å². The van der Waals surface area contributed by atoms with Gasteiger partial charge in [-0.25, -0.2) is 4.98 Å². The lowest BCUT2D eigenvalue weighted by molar-refractivity contribution is -0.135. The van der Waals surface area contributed by atoms with Crippen LogP contribution in [0.4, 0.5) is 5.69 Å². The predicted molar refractivity (Wildman–Crippen MR) is 81.4 cm³/mol. The van der Waals surface area contributed by atoms with Gasteiger partial charge in [0, 0.05) is 25.1 Å². The molecule has 3 rings (SSSR count). The highest BCUT2D eigenvalue weighted by Crippen LogP contribution is 2.32. The summed E-state index contributed by atoms with van der Waals surface area (Å²) in [5, 5.41) is 2.87. The van der Waals surface area contributed by atoms with Crippen molar-refractivity contribution in [3.8, 4) is 5.88 Å². The van der Waals surface area contributed by atoms with Crippen molar-refractivity contribution < 1.29 is 14.3 Å². The molecule has 118 valence electrons. The van der Waals surface area contributed by atoms with Gasteiger partial charge in [0.25, 0.3) is 0 Å². The van der Waals surface area contributed by atoms with E-state index >= 15 is 0 Å². The molecule has 2 aliphatic rings. The predicted octanol–water partition coefficient (Wildman–Crippen LogP) is 1.68. The lowest BCUT2D eigenvalue weighted by Gasteiger charge is -2.32. The van der Waals surface area contributed by atoms with E-state index in [1.165, 1.54) is 0 Å². The summed E-state index contributed by atoms with van der Waals surface area (Å²) in [6, 6.07) is 3.47. The molecule has 0 unspecified atom stereocenters. The molecule has 1 aromatic heterocycles. The van der Waals surface area contributed by atoms with Crippen molar-refractivity contribution in [2.75, 3.05) is 25.5 Å². The number of nitrogens with one attached hydrogen (secondary N) is 1. The van der Waals surface area contributed by atoms with E-state index in [9.17, 15) is 9.59 Å². The molecule has 2 amide bonds. The first-order chi connectivity index (χ1) is 10.7. The van der Waals surface area contributed by atoms with E-state index in [1.807, 2.05) is 4.90 Å². The third kappa shape index (κ3) is 3.37. The van der Waals surface area contributed by atoms with E-state index in [2.05, 4.69) is 10.3 Å². The average Bonchev–Trinajstić information content (AvgIpc) is 3.40. The summed E-state index contributed by atoms with van der Waals surface area (Å²) in [5.41, 5.74) is 0.649. The molecule has 0 bridgehead atoms. The van der Waals surface area contributed by atoms with Crippen molar-refractivity contribution in [3.05, 3.63) is 18.3 Å². The summed E-state index contributed by atoms with van der Waals surface area (Å²) in [6.45, 7) is 1.31. The Morgan fingerprint density at radius 3 is 2.73 bits per heavy atom. The molecule has 1 aliphatic carbocycles. The fraction of sp³-hybridized carbons (Fsp3) is 0.562. The molecule has 2 fully saturated rings. The number of rotatable bonds is 4. The molecule has 0 spiro atoms. The van der Waals surface area contributed by atoms with E-state index in [0.717, 1.165) is 32.2 Å². The first kappa shape index (κ1) is 14.8. The van der Waals surface area contributed by atoms with Crippen LogP contribution in [-0.4, -0.2) is 41.9 Å². The molecular weight excluding hydrogens is 282 g/mol. The zero-order chi connectivity index (χ0) is 15.5. The van der Waals surface area contributed by atoms with Gasteiger partial charge in [-0.3, -0.25) is 9.59 Å². The number of anilines is 1. The highest BCUT2D eigenvalue weighted by Gasteiger charge is 2.36. The summed E-state index contributed by atoms with van der Waals surface area (Å²) in [4.78, 5) is 30.4. The number of pyridine rings is 1. The van der Waals surface area contributed by atoms with E-state index in [4.69, 9.17) is 4.74 Å². The van der Waals surface area contributed by atoms with Gasteiger partial charge in [0.15, 0.2) is 0 Å². The highest BCUT2D eigenvalue weighted by molar-refractivity contribution is 5.93. The number of hydrogen-bond acceptors (Lipinski definition) is 4. The minimum absolute atomic E-state index is 0.0414. The summed E-state index contributed by atoms with van der Waals surface area (Å²) in [7, 11) is 1.55. The van der Waals surface area contributed by atoms with Gasteiger partial charge in [-0.2, -0.15) is 0 Å². The quantitative estimate of drug-likeness (QED) is 0.918. The van der Waals surface area contributed by atoms with Gasteiger partial charge in [-0.1, -0.05) is 0 Å². The largest absolute Gasteiger partial charge is 0.481 e. The van der Waals surface area contributed by atoms with Crippen LogP contribution in [0.3, 0.4) is 0 Å². The van der Waals surface area contributed by atoms with Crippen molar-refractivity contribution in [1.29, 1.82) is 0 Å². The Morgan fingerprint density at radius 1 is 1.27 bits per heavy atom. The van der Waals surface area contributed by atoms with Crippen LogP contribution in [0.1, 0.15) is 25.7 Å². The monoisotopic (exact) mass is 303 g/mol. The number of carbonyl (C=O) groups is 2. The Balaban J connectivity index is 1.57. The van der Waals surface area contributed by atoms with Crippen LogP contribution in [0.2, 0.25) is 0 Å². The molecule has 0 aromatic carbocycles. The van der Waals surface area contributed by atoms with Crippen LogP contribution in [-0.2, 0) is 9.59 Å². The zero-order valence-electron chi connectivity index (χ0n) is 12.7. The van der Waals surface area contributed by atoms with Crippen LogP contribution in [0, 0.1) is 11.8 Å². The maximum absolute atomic E-state index is 12.4. The van der Waals surface area contributed by atoms with Crippen molar-refractivity contribution in [2.24, 2.45) is 11.8 Å². The number of aromatic nitrogens is 1. The number of ether oxygens (including phenoxy) is 1. The maximum atomic E-state index is 12.4. The molecular formula is C16H21N3O3.